The lowest BCUT2D eigenvalue weighted by Gasteiger charge is -2.15. The second-order valence-corrected chi connectivity index (χ2v) is 7.33. The summed E-state index contributed by atoms with van der Waals surface area (Å²) >= 11 is 0. The standard InChI is InChI=1S/C24H32N2O/c1-7-18(8-2)22-14-17(6)26-23(22)13-16(5)24(25-26)21-12-11-20(27-10-4)15-19(21)9-3/h11-15,18H,7-10H2,1-6H3. The van der Waals surface area contributed by atoms with E-state index in [2.05, 4.69) is 69.5 Å². The Balaban J connectivity index is 2.17. The number of aromatic nitrogens is 2. The van der Waals surface area contributed by atoms with Gasteiger partial charge in [0.1, 0.15) is 5.75 Å². The highest BCUT2D eigenvalue weighted by Crippen LogP contribution is 2.33. The minimum atomic E-state index is 0.595. The predicted molar refractivity (Wildman–Crippen MR) is 114 cm³/mol. The third kappa shape index (κ3) is 3.60. The number of rotatable bonds is 7. The Morgan fingerprint density at radius 1 is 1.00 bits per heavy atom. The second kappa shape index (κ2) is 8.16. The van der Waals surface area contributed by atoms with Crippen LogP contribution in [0.3, 0.4) is 0 Å². The average Bonchev–Trinajstić information content (AvgIpc) is 2.98. The first-order chi connectivity index (χ1) is 13.0. The van der Waals surface area contributed by atoms with Crippen LogP contribution in [0.15, 0.2) is 30.3 Å². The van der Waals surface area contributed by atoms with Crippen LogP contribution in [0, 0.1) is 13.8 Å². The summed E-state index contributed by atoms with van der Waals surface area (Å²) in [6.45, 7) is 13.8. The van der Waals surface area contributed by atoms with Crippen molar-refractivity contribution in [1.82, 2.24) is 9.61 Å². The van der Waals surface area contributed by atoms with Crippen LogP contribution in [0.1, 0.15) is 68.8 Å². The first kappa shape index (κ1) is 19.5. The molecular formula is C24H32N2O. The van der Waals surface area contributed by atoms with Crippen molar-refractivity contribution in [3.63, 3.8) is 0 Å². The van der Waals surface area contributed by atoms with Crippen molar-refractivity contribution in [1.29, 1.82) is 0 Å². The minimum Gasteiger partial charge on any atom is -0.494 e. The molecule has 3 aromatic rings. The van der Waals surface area contributed by atoms with Gasteiger partial charge < -0.3 is 4.74 Å². The van der Waals surface area contributed by atoms with Gasteiger partial charge in [-0.1, -0.05) is 20.8 Å². The SMILES string of the molecule is CCOc1ccc(-c2nn3c(C)cc(C(CC)CC)c3cc2C)c(CC)c1. The Hall–Kier alpha value is -2.29. The molecule has 144 valence electrons. The topological polar surface area (TPSA) is 26.5 Å². The van der Waals surface area contributed by atoms with Crippen molar-refractivity contribution < 1.29 is 4.74 Å². The fourth-order valence-electron chi connectivity index (χ4n) is 4.07. The van der Waals surface area contributed by atoms with Crippen LogP contribution in [-0.2, 0) is 6.42 Å². The zero-order valence-electron chi connectivity index (χ0n) is 17.6. The number of ether oxygens (including phenoxy) is 1. The Morgan fingerprint density at radius 3 is 2.37 bits per heavy atom. The van der Waals surface area contributed by atoms with E-state index in [1.165, 1.54) is 33.5 Å². The lowest BCUT2D eigenvalue weighted by molar-refractivity contribution is 0.340. The lowest BCUT2D eigenvalue weighted by Crippen LogP contribution is -2.03. The average molecular weight is 365 g/mol. The third-order valence-electron chi connectivity index (χ3n) is 5.60. The van der Waals surface area contributed by atoms with Gasteiger partial charge in [0, 0.05) is 11.3 Å². The van der Waals surface area contributed by atoms with E-state index in [0.29, 0.717) is 12.5 Å². The molecule has 0 saturated heterocycles. The highest BCUT2D eigenvalue weighted by Gasteiger charge is 2.18. The van der Waals surface area contributed by atoms with Crippen LogP contribution < -0.4 is 4.74 Å². The second-order valence-electron chi connectivity index (χ2n) is 7.33. The van der Waals surface area contributed by atoms with Crippen molar-refractivity contribution in [3.8, 4) is 17.0 Å². The molecule has 27 heavy (non-hydrogen) atoms. The maximum Gasteiger partial charge on any atom is 0.119 e. The van der Waals surface area contributed by atoms with Crippen molar-refractivity contribution >= 4 is 5.52 Å². The number of hydrogen-bond donors (Lipinski definition) is 0. The number of fused-ring (bicyclic) bond motifs is 1. The van der Waals surface area contributed by atoms with Gasteiger partial charge in [0.05, 0.1) is 17.8 Å². The van der Waals surface area contributed by atoms with Crippen molar-refractivity contribution in [2.45, 2.75) is 66.7 Å². The van der Waals surface area contributed by atoms with E-state index in [-0.39, 0.29) is 0 Å². The molecule has 0 saturated carbocycles. The molecule has 0 amide bonds. The van der Waals surface area contributed by atoms with Gasteiger partial charge in [-0.3, -0.25) is 0 Å². The van der Waals surface area contributed by atoms with Crippen LogP contribution in [0.5, 0.6) is 5.75 Å². The maximum absolute atomic E-state index is 5.69. The molecule has 2 aromatic heterocycles. The first-order valence-corrected chi connectivity index (χ1v) is 10.3. The van der Waals surface area contributed by atoms with Crippen molar-refractivity contribution in [3.05, 3.63) is 52.7 Å². The van der Waals surface area contributed by atoms with E-state index in [9.17, 15) is 0 Å². The molecule has 0 aliphatic heterocycles. The van der Waals surface area contributed by atoms with E-state index in [1.807, 2.05) is 6.92 Å². The summed E-state index contributed by atoms with van der Waals surface area (Å²) in [6.07, 6.45) is 3.28. The molecular weight excluding hydrogens is 332 g/mol. The van der Waals surface area contributed by atoms with Crippen molar-refractivity contribution in [2.24, 2.45) is 0 Å². The normalized spacial score (nSPS) is 11.5. The zero-order valence-corrected chi connectivity index (χ0v) is 17.6. The summed E-state index contributed by atoms with van der Waals surface area (Å²) in [4.78, 5) is 0. The van der Waals surface area contributed by atoms with E-state index in [0.717, 1.165) is 30.7 Å². The molecule has 0 radical (unpaired) electrons. The van der Waals surface area contributed by atoms with Crippen LogP contribution in [0.2, 0.25) is 0 Å². The molecule has 0 unspecified atom stereocenters. The zero-order chi connectivity index (χ0) is 19.6. The Morgan fingerprint density at radius 2 is 1.74 bits per heavy atom. The number of benzene rings is 1. The number of hydrogen-bond acceptors (Lipinski definition) is 2. The monoisotopic (exact) mass is 364 g/mol. The highest BCUT2D eigenvalue weighted by atomic mass is 16.5. The first-order valence-electron chi connectivity index (χ1n) is 10.3. The van der Waals surface area contributed by atoms with E-state index >= 15 is 0 Å². The summed E-state index contributed by atoms with van der Waals surface area (Å²) in [7, 11) is 0. The molecule has 0 aliphatic carbocycles. The third-order valence-corrected chi connectivity index (χ3v) is 5.60. The lowest BCUT2D eigenvalue weighted by atomic mass is 9.94. The predicted octanol–water partition coefficient (Wildman–Crippen LogP) is 6.48. The van der Waals surface area contributed by atoms with Crippen LogP contribution in [-0.4, -0.2) is 16.2 Å². The van der Waals surface area contributed by atoms with Gasteiger partial charge >= 0.3 is 0 Å². The Bertz CT molecular complexity index is 935. The van der Waals surface area contributed by atoms with Gasteiger partial charge in [-0.2, -0.15) is 5.10 Å². The summed E-state index contributed by atoms with van der Waals surface area (Å²) < 4.78 is 7.82. The van der Waals surface area contributed by atoms with Gasteiger partial charge in [0.15, 0.2) is 0 Å². The molecule has 0 fully saturated rings. The van der Waals surface area contributed by atoms with Gasteiger partial charge in [0.25, 0.3) is 0 Å². The Kier molecular flexibility index (Phi) is 5.88. The highest BCUT2D eigenvalue weighted by molar-refractivity contribution is 5.71. The van der Waals surface area contributed by atoms with Gasteiger partial charge in [-0.15, -0.1) is 0 Å². The summed E-state index contributed by atoms with van der Waals surface area (Å²) in [5.41, 5.74) is 8.67. The van der Waals surface area contributed by atoms with E-state index in [1.54, 1.807) is 0 Å². The van der Waals surface area contributed by atoms with Crippen LogP contribution >= 0.6 is 0 Å². The number of nitrogens with zero attached hydrogens (tertiary/aromatic N) is 2. The summed E-state index contributed by atoms with van der Waals surface area (Å²) in [5, 5.41) is 5.08. The summed E-state index contributed by atoms with van der Waals surface area (Å²) in [6, 6.07) is 11.0. The molecule has 0 aliphatic rings. The molecule has 0 spiro atoms. The van der Waals surface area contributed by atoms with E-state index in [4.69, 9.17) is 9.84 Å². The molecule has 0 atom stereocenters. The molecule has 0 N–H and O–H groups in total. The fourth-order valence-corrected chi connectivity index (χ4v) is 4.07. The quantitative estimate of drug-likeness (QED) is 0.479. The molecule has 2 heterocycles. The van der Waals surface area contributed by atoms with Crippen LogP contribution in [0.25, 0.3) is 16.8 Å². The van der Waals surface area contributed by atoms with Crippen molar-refractivity contribution in [2.75, 3.05) is 6.61 Å². The van der Waals surface area contributed by atoms with Gasteiger partial charge in [-0.05, 0) is 93.0 Å². The fraction of sp³-hybridized carbons (Fsp3) is 0.458. The van der Waals surface area contributed by atoms with E-state index < -0.39 is 0 Å². The summed E-state index contributed by atoms with van der Waals surface area (Å²) in [5.74, 6) is 1.53. The minimum absolute atomic E-state index is 0.595. The molecule has 1 aromatic carbocycles. The molecule has 3 nitrogen and oxygen atoms in total. The largest absolute Gasteiger partial charge is 0.494 e. The molecule has 3 heteroatoms. The van der Waals surface area contributed by atoms with Gasteiger partial charge in [0.2, 0.25) is 0 Å². The van der Waals surface area contributed by atoms with Gasteiger partial charge in [-0.25, -0.2) is 4.52 Å². The number of aryl methyl sites for hydroxylation is 3. The smallest absolute Gasteiger partial charge is 0.119 e. The molecule has 0 bridgehead atoms. The Labute approximate surface area is 163 Å². The molecule has 3 rings (SSSR count). The van der Waals surface area contributed by atoms with Crippen LogP contribution in [0.4, 0.5) is 0 Å². The maximum atomic E-state index is 5.69.